The fourth-order valence-corrected chi connectivity index (χ4v) is 2.37. The normalized spacial score (nSPS) is 11.1. The van der Waals surface area contributed by atoms with Crippen molar-refractivity contribution in [2.75, 3.05) is 6.61 Å². The molecule has 4 heteroatoms. The van der Waals surface area contributed by atoms with Crippen LogP contribution in [0.2, 0.25) is 0 Å². The predicted molar refractivity (Wildman–Crippen MR) is 80.0 cm³/mol. The minimum Gasteiger partial charge on any atom is -0.491 e. The highest BCUT2D eigenvalue weighted by atomic mass is 35.5. The molecule has 0 spiro atoms. The molecule has 3 nitrogen and oxygen atoms in total. The molecule has 0 unspecified atom stereocenters. The number of aryl methyl sites for hydroxylation is 1. The summed E-state index contributed by atoms with van der Waals surface area (Å²) < 4.78 is 7.98. The molecule has 0 amide bonds. The molecule has 0 atom stereocenters. The van der Waals surface area contributed by atoms with E-state index in [1.165, 1.54) is 0 Å². The van der Waals surface area contributed by atoms with E-state index in [0.717, 1.165) is 55.0 Å². The van der Waals surface area contributed by atoms with Crippen molar-refractivity contribution in [1.29, 1.82) is 0 Å². The van der Waals surface area contributed by atoms with Crippen molar-refractivity contribution in [3.05, 3.63) is 24.0 Å². The number of ether oxygens (including phenoxy) is 1. The number of para-hydroxylation sites is 1. The molecular formula is C15H21ClN2O. The topological polar surface area (TPSA) is 27.1 Å². The van der Waals surface area contributed by atoms with E-state index in [1.54, 1.807) is 0 Å². The van der Waals surface area contributed by atoms with Gasteiger partial charge in [-0.05, 0) is 25.0 Å². The van der Waals surface area contributed by atoms with Crippen LogP contribution >= 0.6 is 11.6 Å². The van der Waals surface area contributed by atoms with Gasteiger partial charge < -0.3 is 9.30 Å². The summed E-state index contributed by atoms with van der Waals surface area (Å²) in [5.74, 6) is 2.23. The first-order valence-corrected chi connectivity index (χ1v) is 7.52. The van der Waals surface area contributed by atoms with Crippen molar-refractivity contribution in [3.63, 3.8) is 0 Å². The number of hydrogen-bond acceptors (Lipinski definition) is 2. The molecule has 0 bridgehead atoms. The number of halogens is 1. The fraction of sp³-hybridized carbons (Fsp3) is 0.533. The molecule has 0 aliphatic rings. The molecule has 0 aliphatic heterocycles. The van der Waals surface area contributed by atoms with Crippen molar-refractivity contribution in [3.8, 4) is 5.75 Å². The van der Waals surface area contributed by atoms with Gasteiger partial charge in [-0.1, -0.05) is 26.3 Å². The lowest BCUT2D eigenvalue weighted by molar-refractivity contribution is 0.320. The van der Waals surface area contributed by atoms with Gasteiger partial charge in [-0.15, -0.1) is 11.6 Å². The van der Waals surface area contributed by atoms with Gasteiger partial charge in [-0.2, -0.15) is 0 Å². The van der Waals surface area contributed by atoms with Crippen LogP contribution < -0.4 is 4.74 Å². The molecular weight excluding hydrogens is 260 g/mol. The molecule has 0 saturated carbocycles. The van der Waals surface area contributed by atoms with Crippen LogP contribution in [0.15, 0.2) is 18.2 Å². The Labute approximate surface area is 119 Å². The first kappa shape index (κ1) is 14.2. The van der Waals surface area contributed by atoms with Crippen LogP contribution in [0.25, 0.3) is 11.0 Å². The van der Waals surface area contributed by atoms with E-state index in [4.69, 9.17) is 16.3 Å². The Balaban J connectivity index is 2.43. The summed E-state index contributed by atoms with van der Waals surface area (Å²) in [6, 6.07) is 6.09. The lowest BCUT2D eigenvalue weighted by Gasteiger charge is -2.07. The lowest BCUT2D eigenvalue weighted by Crippen LogP contribution is -2.02. The van der Waals surface area contributed by atoms with Gasteiger partial charge in [0.1, 0.15) is 17.1 Å². The molecule has 1 heterocycles. The van der Waals surface area contributed by atoms with Crippen LogP contribution in [0.3, 0.4) is 0 Å². The Morgan fingerprint density at radius 1 is 1.26 bits per heavy atom. The third-order valence-electron chi connectivity index (χ3n) is 3.14. The highest BCUT2D eigenvalue weighted by Gasteiger charge is 2.13. The van der Waals surface area contributed by atoms with Crippen molar-refractivity contribution in [1.82, 2.24) is 9.55 Å². The minimum atomic E-state index is 0.436. The van der Waals surface area contributed by atoms with Gasteiger partial charge >= 0.3 is 0 Å². The summed E-state index contributed by atoms with van der Waals surface area (Å²) in [7, 11) is 0. The van der Waals surface area contributed by atoms with E-state index in [2.05, 4.69) is 29.5 Å². The molecule has 19 heavy (non-hydrogen) atoms. The third kappa shape index (κ3) is 3.03. The summed E-state index contributed by atoms with van der Waals surface area (Å²) in [5, 5.41) is 0. The number of unbranched alkanes of at least 4 members (excludes halogenated alkanes) is 1. The maximum absolute atomic E-state index is 6.02. The van der Waals surface area contributed by atoms with Crippen molar-refractivity contribution < 1.29 is 4.74 Å². The summed E-state index contributed by atoms with van der Waals surface area (Å²) in [4.78, 5) is 4.64. The number of hydrogen-bond donors (Lipinski definition) is 0. The molecule has 1 aromatic carbocycles. The van der Waals surface area contributed by atoms with Gasteiger partial charge in [-0.3, -0.25) is 0 Å². The second-order valence-electron chi connectivity index (χ2n) is 4.64. The zero-order valence-electron chi connectivity index (χ0n) is 11.7. The second kappa shape index (κ2) is 6.80. The maximum Gasteiger partial charge on any atom is 0.147 e. The number of imidazole rings is 1. The van der Waals surface area contributed by atoms with E-state index in [9.17, 15) is 0 Å². The summed E-state index contributed by atoms with van der Waals surface area (Å²) >= 11 is 6.02. The van der Waals surface area contributed by atoms with E-state index < -0.39 is 0 Å². The molecule has 0 saturated heterocycles. The van der Waals surface area contributed by atoms with Gasteiger partial charge in [0.25, 0.3) is 0 Å². The number of alkyl halides is 1. The fourth-order valence-electron chi connectivity index (χ4n) is 2.17. The first-order chi connectivity index (χ1) is 9.31. The molecule has 0 fully saturated rings. The van der Waals surface area contributed by atoms with E-state index >= 15 is 0 Å². The van der Waals surface area contributed by atoms with Gasteiger partial charge in [0, 0.05) is 6.54 Å². The third-order valence-corrected chi connectivity index (χ3v) is 3.38. The maximum atomic E-state index is 6.02. The van der Waals surface area contributed by atoms with Crippen LogP contribution in [-0.2, 0) is 12.4 Å². The molecule has 0 aliphatic carbocycles. The Morgan fingerprint density at radius 3 is 2.79 bits per heavy atom. The molecule has 1 aromatic heterocycles. The van der Waals surface area contributed by atoms with Crippen LogP contribution in [0.1, 0.15) is 38.9 Å². The predicted octanol–water partition coefficient (Wildman–Crippen LogP) is 4.36. The van der Waals surface area contributed by atoms with E-state index in [-0.39, 0.29) is 0 Å². The number of aromatic nitrogens is 2. The number of fused-ring (bicyclic) bond motifs is 1. The lowest BCUT2D eigenvalue weighted by atomic mass is 10.2. The molecule has 0 N–H and O–H groups in total. The Bertz CT molecular complexity index is 536. The monoisotopic (exact) mass is 280 g/mol. The number of benzene rings is 1. The van der Waals surface area contributed by atoms with E-state index in [1.807, 2.05) is 12.1 Å². The zero-order valence-corrected chi connectivity index (χ0v) is 12.4. The molecule has 2 aromatic rings. The summed E-state index contributed by atoms with van der Waals surface area (Å²) in [5.41, 5.74) is 2.06. The molecule has 104 valence electrons. The van der Waals surface area contributed by atoms with Gasteiger partial charge in [0.15, 0.2) is 0 Å². The Kier molecular flexibility index (Phi) is 5.08. The van der Waals surface area contributed by atoms with Crippen molar-refractivity contribution >= 4 is 22.6 Å². The summed E-state index contributed by atoms with van der Waals surface area (Å²) in [6.07, 6.45) is 3.29. The van der Waals surface area contributed by atoms with Crippen LogP contribution in [0.4, 0.5) is 0 Å². The van der Waals surface area contributed by atoms with Gasteiger partial charge in [-0.25, -0.2) is 4.98 Å². The average Bonchev–Trinajstić information content (AvgIpc) is 2.81. The van der Waals surface area contributed by atoms with Gasteiger partial charge in [0.2, 0.25) is 0 Å². The highest BCUT2D eigenvalue weighted by molar-refractivity contribution is 6.16. The van der Waals surface area contributed by atoms with Crippen LogP contribution in [-0.4, -0.2) is 16.2 Å². The second-order valence-corrected chi connectivity index (χ2v) is 4.91. The number of nitrogens with zero attached hydrogens (tertiary/aromatic N) is 2. The average molecular weight is 281 g/mol. The SMILES string of the molecule is CCCCn1c(CCl)nc2c(OCCC)cccc21. The Hall–Kier alpha value is -1.22. The number of rotatable bonds is 7. The van der Waals surface area contributed by atoms with Crippen LogP contribution in [0, 0.1) is 0 Å². The van der Waals surface area contributed by atoms with Gasteiger partial charge in [0.05, 0.1) is 18.0 Å². The quantitative estimate of drug-likeness (QED) is 0.705. The standard InChI is InChI=1S/C15H21ClN2O/c1-3-5-9-18-12-7-6-8-13(19-10-4-2)15(12)17-14(18)11-16/h6-8H,3-5,9-11H2,1-2H3. The zero-order chi connectivity index (χ0) is 13.7. The first-order valence-electron chi connectivity index (χ1n) is 6.98. The molecule has 0 radical (unpaired) electrons. The van der Waals surface area contributed by atoms with Crippen LogP contribution in [0.5, 0.6) is 5.75 Å². The molecule has 2 rings (SSSR count). The largest absolute Gasteiger partial charge is 0.491 e. The summed E-state index contributed by atoms with van der Waals surface area (Å²) in [6.45, 7) is 5.98. The van der Waals surface area contributed by atoms with Crippen molar-refractivity contribution in [2.45, 2.75) is 45.5 Å². The van der Waals surface area contributed by atoms with E-state index in [0.29, 0.717) is 5.88 Å². The minimum absolute atomic E-state index is 0.436. The smallest absolute Gasteiger partial charge is 0.147 e. The highest BCUT2D eigenvalue weighted by Crippen LogP contribution is 2.27. The van der Waals surface area contributed by atoms with Crippen molar-refractivity contribution in [2.24, 2.45) is 0 Å². The Morgan fingerprint density at radius 2 is 2.11 bits per heavy atom.